The second-order valence-electron chi connectivity index (χ2n) is 8.07. The highest BCUT2D eigenvalue weighted by Gasteiger charge is 2.32. The van der Waals surface area contributed by atoms with Crippen LogP contribution in [0.1, 0.15) is 74.6 Å². The van der Waals surface area contributed by atoms with Gasteiger partial charge in [0.2, 0.25) is 0 Å². The van der Waals surface area contributed by atoms with Crippen molar-refractivity contribution in [3.8, 4) is 5.75 Å². The number of phenolic OH excluding ortho intramolecular Hbond substituents is 1. The Labute approximate surface area is 181 Å². The molecule has 31 heavy (non-hydrogen) atoms. The molecule has 0 radical (unpaired) electrons. The summed E-state index contributed by atoms with van der Waals surface area (Å²) < 4.78 is 39.0. The zero-order chi connectivity index (χ0) is 22.4. The van der Waals surface area contributed by atoms with Gasteiger partial charge >= 0.3 is 6.18 Å². The number of aromatic nitrogens is 1. The number of aromatic hydroxyl groups is 1. The van der Waals surface area contributed by atoms with Crippen LogP contribution in [0.5, 0.6) is 5.75 Å². The van der Waals surface area contributed by atoms with Gasteiger partial charge in [0.1, 0.15) is 5.75 Å². The Morgan fingerprint density at radius 2 is 1.84 bits per heavy atom. The van der Waals surface area contributed by atoms with Gasteiger partial charge in [-0.2, -0.15) is 13.2 Å². The van der Waals surface area contributed by atoms with Crippen LogP contribution in [0.4, 0.5) is 13.2 Å². The van der Waals surface area contributed by atoms with Crippen molar-refractivity contribution in [2.24, 2.45) is 10.9 Å². The SMILES string of the molecule is CCCCC(CCC)CC1=CCN=C(c2ccc(C(F)(F)F)cc2O)c2cnccc21. The van der Waals surface area contributed by atoms with Crippen LogP contribution in [0, 0.1) is 5.92 Å². The lowest BCUT2D eigenvalue weighted by molar-refractivity contribution is -0.137. The summed E-state index contributed by atoms with van der Waals surface area (Å²) in [6.45, 7) is 4.81. The molecule has 1 aromatic carbocycles. The molecule has 0 amide bonds. The van der Waals surface area contributed by atoms with Gasteiger partial charge in [0, 0.05) is 23.5 Å². The minimum absolute atomic E-state index is 0.285. The molecule has 2 aromatic rings. The monoisotopic (exact) mass is 430 g/mol. The van der Waals surface area contributed by atoms with Crippen LogP contribution in [-0.2, 0) is 6.18 Å². The lowest BCUT2D eigenvalue weighted by atomic mass is 9.85. The molecule has 2 heterocycles. The number of unbranched alkanes of at least 4 members (excludes halogenated alkanes) is 1. The van der Waals surface area contributed by atoms with Gasteiger partial charge in [0.25, 0.3) is 0 Å². The number of aliphatic imine (C=N–C) groups is 1. The largest absolute Gasteiger partial charge is 0.507 e. The molecule has 0 spiro atoms. The summed E-state index contributed by atoms with van der Waals surface area (Å²) in [6, 6.07) is 4.97. The van der Waals surface area contributed by atoms with E-state index in [1.165, 1.54) is 30.9 Å². The summed E-state index contributed by atoms with van der Waals surface area (Å²) in [7, 11) is 0. The number of fused-ring (bicyclic) bond motifs is 1. The van der Waals surface area contributed by atoms with Crippen molar-refractivity contribution < 1.29 is 18.3 Å². The van der Waals surface area contributed by atoms with E-state index in [0.717, 1.165) is 42.5 Å². The van der Waals surface area contributed by atoms with E-state index in [9.17, 15) is 18.3 Å². The maximum absolute atomic E-state index is 13.0. The first kappa shape index (κ1) is 23.0. The highest BCUT2D eigenvalue weighted by molar-refractivity contribution is 6.17. The Kier molecular flexibility index (Phi) is 7.52. The topological polar surface area (TPSA) is 45.5 Å². The second kappa shape index (κ2) is 10.1. The zero-order valence-electron chi connectivity index (χ0n) is 18.0. The van der Waals surface area contributed by atoms with Crippen LogP contribution in [0.25, 0.3) is 5.57 Å². The summed E-state index contributed by atoms with van der Waals surface area (Å²) in [6.07, 6.45) is 7.76. The molecule has 0 fully saturated rings. The summed E-state index contributed by atoms with van der Waals surface area (Å²) >= 11 is 0. The number of halogens is 3. The molecule has 1 atom stereocenters. The molecule has 1 unspecified atom stereocenters. The number of nitrogens with zero attached hydrogens (tertiary/aromatic N) is 2. The molecule has 1 aromatic heterocycles. The number of rotatable bonds is 8. The lowest BCUT2D eigenvalue weighted by Crippen LogP contribution is -2.10. The van der Waals surface area contributed by atoms with Gasteiger partial charge in [-0.3, -0.25) is 9.98 Å². The van der Waals surface area contributed by atoms with Crippen molar-refractivity contribution >= 4 is 11.3 Å². The Morgan fingerprint density at radius 3 is 2.52 bits per heavy atom. The molecule has 1 N–H and O–H groups in total. The van der Waals surface area contributed by atoms with E-state index < -0.39 is 17.5 Å². The van der Waals surface area contributed by atoms with Crippen LogP contribution in [-0.4, -0.2) is 22.3 Å². The van der Waals surface area contributed by atoms with Gasteiger partial charge in [-0.25, -0.2) is 0 Å². The van der Waals surface area contributed by atoms with Crippen LogP contribution in [0.15, 0.2) is 47.7 Å². The molecular weight excluding hydrogens is 401 g/mol. The fourth-order valence-corrected chi connectivity index (χ4v) is 4.20. The summed E-state index contributed by atoms with van der Waals surface area (Å²) in [5.41, 5.74) is 2.80. The predicted molar refractivity (Wildman–Crippen MR) is 118 cm³/mol. The number of pyridine rings is 1. The zero-order valence-corrected chi connectivity index (χ0v) is 18.0. The van der Waals surface area contributed by atoms with E-state index in [4.69, 9.17) is 0 Å². The van der Waals surface area contributed by atoms with Crippen molar-refractivity contribution in [2.45, 2.75) is 58.5 Å². The highest BCUT2D eigenvalue weighted by Crippen LogP contribution is 2.36. The average molecular weight is 431 g/mol. The van der Waals surface area contributed by atoms with E-state index in [1.807, 2.05) is 6.07 Å². The van der Waals surface area contributed by atoms with E-state index in [0.29, 0.717) is 18.2 Å². The molecular formula is C25H29F3N2O. The minimum Gasteiger partial charge on any atom is -0.507 e. The first-order valence-electron chi connectivity index (χ1n) is 10.9. The first-order chi connectivity index (χ1) is 14.8. The van der Waals surface area contributed by atoms with Gasteiger partial charge in [0.05, 0.1) is 17.8 Å². The summed E-state index contributed by atoms with van der Waals surface area (Å²) in [5, 5.41) is 10.4. The van der Waals surface area contributed by atoms with Crippen molar-refractivity contribution in [3.63, 3.8) is 0 Å². The molecule has 3 rings (SSSR count). The molecule has 0 bridgehead atoms. The number of phenols is 1. The summed E-state index contributed by atoms with van der Waals surface area (Å²) in [4.78, 5) is 8.84. The number of alkyl halides is 3. The van der Waals surface area contributed by atoms with E-state index in [-0.39, 0.29) is 5.56 Å². The van der Waals surface area contributed by atoms with Gasteiger partial charge < -0.3 is 5.11 Å². The maximum Gasteiger partial charge on any atom is 0.416 e. The Balaban J connectivity index is 1.96. The number of hydrogen-bond donors (Lipinski definition) is 1. The normalized spacial score (nSPS) is 15.0. The Hall–Kier alpha value is -2.63. The van der Waals surface area contributed by atoms with Crippen LogP contribution in [0.2, 0.25) is 0 Å². The second-order valence-corrected chi connectivity index (χ2v) is 8.07. The van der Waals surface area contributed by atoms with Gasteiger partial charge in [-0.05, 0) is 47.7 Å². The third kappa shape index (κ3) is 5.54. The predicted octanol–water partition coefficient (Wildman–Crippen LogP) is 7.04. The van der Waals surface area contributed by atoms with Gasteiger partial charge in [-0.1, -0.05) is 52.0 Å². The Bertz CT molecular complexity index is 963. The van der Waals surface area contributed by atoms with Gasteiger partial charge in [-0.15, -0.1) is 0 Å². The van der Waals surface area contributed by atoms with Crippen molar-refractivity contribution in [1.29, 1.82) is 0 Å². The molecule has 0 saturated heterocycles. The third-order valence-electron chi connectivity index (χ3n) is 5.76. The molecule has 1 aliphatic rings. The lowest BCUT2D eigenvalue weighted by Gasteiger charge is -2.19. The molecule has 6 heteroatoms. The van der Waals surface area contributed by atoms with E-state index >= 15 is 0 Å². The van der Waals surface area contributed by atoms with Gasteiger partial charge in [0.15, 0.2) is 0 Å². The molecule has 1 aliphatic heterocycles. The molecule has 0 aliphatic carbocycles. The third-order valence-corrected chi connectivity index (χ3v) is 5.76. The van der Waals surface area contributed by atoms with Crippen molar-refractivity contribution in [3.05, 3.63) is 65.0 Å². The first-order valence-corrected chi connectivity index (χ1v) is 10.9. The standard InChI is InChI=1S/C25H29F3N2O/c1-3-5-7-17(6-4-2)14-18-10-13-30-24(22-16-29-12-11-20(18)22)21-9-8-19(15-23(21)31)25(26,27)28/h8-12,15-17,31H,3-7,13-14H2,1-2H3. The smallest absolute Gasteiger partial charge is 0.416 e. The number of allylic oxidation sites excluding steroid dienone is 1. The van der Waals surface area contributed by atoms with E-state index in [2.05, 4.69) is 29.9 Å². The Morgan fingerprint density at radius 1 is 1.03 bits per heavy atom. The van der Waals surface area contributed by atoms with Crippen LogP contribution >= 0.6 is 0 Å². The fourth-order valence-electron chi connectivity index (χ4n) is 4.20. The van der Waals surface area contributed by atoms with E-state index in [1.54, 1.807) is 12.4 Å². The highest BCUT2D eigenvalue weighted by atomic mass is 19.4. The molecule has 3 nitrogen and oxygen atoms in total. The van der Waals surface area contributed by atoms with Crippen LogP contribution < -0.4 is 0 Å². The van der Waals surface area contributed by atoms with Crippen molar-refractivity contribution in [1.82, 2.24) is 4.98 Å². The average Bonchev–Trinajstić information content (AvgIpc) is 2.91. The molecule has 0 saturated carbocycles. The number of benzene rings is 1. The van der Waals surface area contributed by atoms with Crippen molar-refractivity contribution in [2.75, 3.05) is 6.54 Å². The quantitative estimate of drug-likeness (QED) is 0.488. The number of hydrogen-bond acceptors (Lipinski definition) is 3. The van der Waals surface area contributed by atoms with Crippen LogP contribution in [0.3, 0.4) is 0 Å². The maximum atomic E-state index is 13.0. The molecule has 166 valence electrons. The minimum atomic E-state index is -4.51. The fraction of sp³-hybridized carbons (Fsp3) is 0.440. The summed E-state index contributed by atoms with van der Waals surface area (Å²) in [5.74, 6) is 0.150.